The molecule has 0 fully saturated rings. The smallest absolute Gasteiger partial charge is 0.331 e. The van der Waals surface area contributed by atoms with E-state index >= 15 is 0 Å². The summed E-state index contributed by atoms with van der Waals surface area (Å²) in [6.45, 7) is 0.206. The number of carbonyl (C=O) groups excluding carboxylic acids is 2. The number of nitrogens with zero attached hydrogens (tertiary/aromatic N) is 1. The van der Waals surface area contributed by atoms with Gasteiger partial charge in [0.1, 0.15) is 13.2 Å². The normalized spacial score (nSPS) is 10.3. The number of esters is 1. The van der Waals surface area contributed by atoms with E-state index in [2.05, 4.69) is 4.84 Å². The molecular formula is C19H17NO8. The molecule has 0 saturated heterocycles. The van der Waals surface area contributed by atoms with E-state index in [1.807, 2.05) is 0 Å². The minimum atomic E-state index is -0.861. The van der Waals surface area contributed by atoms with Gasteiger partial charge in [0.25, 0.3) is 11.6 Å². The predicted molar refractivity (Wildman–Crippen MR) is 96.7 cm³/mol. The largest absolute Gasteiger partial charge is 0.493 e. The van der Waals surface area contributed by atoms with Crippen LogP contribution in [0.3, 0.4) is 0 Å². The summed E-state index contributed by atoms with van der Waals surface area (Å²) in [4.78, 5) is 36.7. The van der Waals surface area contributed by atoms with Crippen molar-refractivity contribution < 1.29 is 33.7 Å². The van der Waals surface area contributed by atoms with Crippen molar-refractivity contribution in [2.75, 3.05) is 7.11 Å². The van der Waals surface area contributed by atoms with Gasteiger partial charge in [-0.25, -0.2) is 4.79 Å². The van der Waals surface area contributed by atoms with Crippen LogP contribution in [-0.2, 0) is 32.4 Å². The second-order valence-electron chi connectivity index (χ2n) is 5.38. The quantitative estimate of drug-likeness (QED) is 0.201. The van der Waals surface area contributed by atoms with Gasteiger partial charge >= 0.3 is 5.97 Å². The number of rotatable bonds is 10. The molecule has 0 aromatic heterocycles. The highest BCUT2D eigenvalue weighted by atomic mass is 16.9. The first-order valence-corrected chi connectivity index (χ1v) is 8.00. The lowest BCUT2D eigenvalue weighted by molar-refractivity contribution is -0.763. The maximum atomic E-state index is 11.9. The average molecular weight is 387 g/mol. The van der Waals surface area contributed by atoms with E-state index < -0.39 is 11.1 Å². The van der Waals surface area contributed by atoms with Crippen LogP contribution in [0.2, 0.25) is 0 Å². The molecule has 0 aliphatic carbocycles. The molecule has 0 spiro atoms. The summed E-state index contributed by atoms with van der Waals surface area (Å²) in [5, 5.41) is 9.29. The number of carbonyl (C=O) groups is 2. The summed E-state index contributed by atoms with van der Waals surface area (Å²) < 4.78 is 15.0. The fourth-order valence-electron chi connectivity index (χ4n) is 2.16. The lowest BCUT2D eigenvalue weighted by atomic mass is 10.1. The molecular weight excluding hydrogens is 370 g/mol. The van der Waals surface area contributed by atoms with Crippen LogP contribution in [0.25, 0.3) is 6.08 Å². The van der Waals surface area contributed by atoms with Gasteiger partial charge < -0.3 is 19.0 Å². The van der Waals surface area contributed by atoms with Crippen molar-refractivity contribution in [3.63, 3.8) is 0 Å². The van der Waals surface area contributed by atoms with E-state index in [4.69, 9.17) is 14.2 Å². The second kappa shape index (κ2) is 10.3. The average Bonchev–Trinajstić information content (AvgIpc) is 2.70. The molecule has 146 valence electrons. The molecule has 2 rings (SSSR count). The molecule has 9 nitrogen and oxygen atoms in total. The zero-order valence-corrected chi connectivity index (χ0v) is 14.9. The van der Waals surface area contributed by atoms with Gasteiger partial charge in [0.15, 0.2) is 11.5 Å². The number of hydrogen-bond donors (Lipinski definition) is 0. The van der Waals surface area contributed by atoms with Crippen molar-refractivity contribution >= 4 is 18.5 Å². The molecule has 9 heteroatoms. The maximum Gasteiger partial charge on any atom is 0.331 e. The first-order valence-electron chi connectivity index (χ1n) is 8.00. The highest BCUT2D eigenvalue weighted by molar-refractivity contribution is 5.87. The monoisotopic (exact) mass is 387 g/mol. The van der Waals surface area contributed by atoms with E-state index in [-0.39, 0.29) is 19.0 Å². The molecule has 28 heavy (non-hydrogen) atoms. The molecule has 0 saturated carbocycles. The van der Waals surface area contributed by atoms with Crippen molar-refractivity contribution in [3.8, 4) is 11.5 Å². The van der Waals surface area contributed by atoms with Crippen molar-refractivity contribution in [2.45, 2.75) is 13.2 Å². The van der Waals surface area contributed by atoms with Crippen LogP contribution in [0.4, 0.5) is 0 Å². The number of hydrogen-bond acceptors (Lipinski definition) is 8. The fourth-order valence-corrected chi connectivity index (χ4v) is 2.16. The SMILES string of the molecule is COc1cc(/C=C/C(=O)OCc2ccc(CO[N+](=O)[O-])cc2)ccc1OC=O. The lowest BCUT2D eigenvalue weighted by Gasteiger charge is -2.07. The van der Waals surface area contributed by atoms with Crippen LogP contribution < -0.4 is 9.47 Å². The summed E-state index contributed by atoms with van der Waals surface area (Å²) in [6, 6.07) is 11.5. The molecule has 0 heterocycles. The predicted octanol–water partition coefficient (Wildman–Crippen LogP) is 2.70. The molecule has 0 atom stereocenters. The standard InChI is InChI=1S/C19H17NO8/c1-25-18-10-14(6-8-17(18)27-13-21)7-9-19(22)26-11-15-2-4-16(5-3-15)12-28-20(23)24/h2-10,13H,11-12H2,1H3/b9-7+. The molecule has 0 radical (unpaired) electrons. The minimum Gasteiger partial charge on any atom is -0.493 e. The molecule has 0 N–H and O–H groups in total. The van der Waals surface area contributed by atoms with Crippen LogP contribution >= 0.6 is 0 Å². The third kappa shape index (κ3) is 6.45. The highest BCUT2D eigenvalue weighted by Gasteiger charge is 2.05. The van der Waals surface area contributed by atoms with Gasteiger partial charge in [-0.05, 0) is 34.9 Å². The van der Waals surface area contributed by atoms with Crippen LogP contribution in [0.15, 0.2) is 48.5 Å². The number of ether oxygens (including phenoxy) is 3. The number of methoxy groups -OCH3 is 1. The summed E-state index contributed by atoms with van der Waals surface area (Å²) in [5.74, 6) is 0.0704. The minimum absolute atomic E-state index is 0.0506. The molecule has 0 unspecified atom stereocenters. The summed E-state index contributed by atoms with van der Waals surface area (Å²) in [7, 11) is 1.43. The van der Waals surface area contributed by atoms with E-state index in [1.165, 1.54) is 19.3 Å². The summed E-state index contributed by atoms with van der Waals surface area (Å²) in [6.07, 6.45) is 2.79. The molecule has 0 bridgehead atoms. The zero-order valence-electron chi connectivity index (χ0n) is 14.9. The molecule has 0 amide bonds. The van der Waals surface area contributed by atoms with E-state index in [1.54, 1.807) is 42.5 Å². The molecule has 0 aliphatic heterocycles. The van der Waals surface area contributed by atoms with Crippen LogP contribution in [0.1, 0.15) is 16.7 Å². The first kappa shape index (κ1) is 20.4. The van der Waals surface area contributed by atoms with Gasteiger partial charge in [-0.1, -0.05) is 30.3 Å². The van der Waals surface area contributed by atoms with Gasteiger partial charge in [-0.3, -0.25) is 4.79 Å². The second-order valence-corrected chi connectivity index (χ2v) is 5.38. The Labute approximate surface area is 160 Å². The summed E-state index contributed by atoms with van der Waals surface area (Å²) in [5.41, 5.74) is 2.01. The maximum absolute atomic E-state index is 11.9. The lowest BCUT2D eigenvalue weighted by Crippen LogP contribution is -2.02. The highest BCUT2D eigenvalue weighted by Crippen LogP contribution is 2.28. The Hall–Kier alpha value is -3.88. The van der Waals surface area contributed by atoms with Gasteiger partial charge in [-0.2, -0.15) is 0 Å². The van der Waals surface area contributed by atoms with Crippen LogP contribution in [0, 0.1) is 10.1 Å². The van der Waals surface area contributed by atoms with Gasteiger partial charge in [0.2, 0.25) is 0 Å². The van der Waals surface area contributed by atoms with Gasteiger partial charge in [0, 0.05) is 6.08 Å². The van der Waals surface area contributed by atoms with Gasteiger partial charge in [0.05, 0.1) is 7.11 Å². The van der Waals surface area contributed by atoms with Crippen molar-refractivity contribution in [1.82, 2.24) is 0 Å². The van der Waals surface area contributed by atoms with Crippen molar-refractivity contribution in [2.24, 2.45) is 0 Å². The Bertz CT molecular complexity index is 861. The van der Waals surface area contributed by atoms with Crippen molar-refractivity contribution in [3.05, 3.63) is 75.3 Å². The Morgan fingerprint density at radius 3 is 2.36 bits per heavy atom. The van der Waals surface area contributed by atoms with E-state index in [9.17, 15) is 19.7 Å². The third-order valence-electron chi connectivity index (χ3n) is 3.52. The van der Waals surface area contributed by atoms with Crippen LogP contribution in [0.5, 0.6) is 11.5 Å². The Balaban J connectivity index is 1.88. The molecule has 2 aromatic carbocycles. The Morgan fingerprint density at radius 2 is 1.75 bits per heavy atom. The van der Waals surface area contributed by atoms with Gasteiger partial charge in [-0.15, -0.1) is 10.1 Å². The first-order chi connectivity index (χ1) is 13.5. The Kier molecular flexibility index (Phi) is 7.53. The zero-order chi connectivity index (χ0) is 20.4. The molecule has 0 aliphatic rings. The molecule has 2 aromatic rings. The van der Waals surface area contributed by atoms with Crippen LogP contribution in [-0.4, -0.2) is 24.6 Å². The van der Waals surface area contributed by atoms with Crippen molar-refractivity contribution in [1.29, 1.82) is 0 Å². The fraction of sp³-hybridized carbons (Fsp3) is 0.158. The topological polar surface area (TPSA) is 114 Å². The van der Waals surface area contributed by atoms with E-state index in [0.717, 1.165) is 5.56 Å². The Morgan fingerprint density at radius 1 is 1.07 bits per heavy atom. The van der Waals surface area contributed by atoms with E-state index in [0.29, 0.717) is 23.3 Å². The number of benzene rings is 2. The third-order valence-corrected chi connectivity index (χ3v) is 3.52. The summed E-state index contributed by atoms with van der Waals surface area (Å²) >= 11 is 0.